The fraction of sp³-hybridized carbons (Fsp3) is 0.875. The van der Waals surface area contributed by atoms with Crippen LogP contribution in [0.5, 0.6) is 0 Å². The Morgan fingerprint density at radius 1 is 0.338 bits per heavy atom. The van der Waals surface area contributed by atoms with Crippen molar-refractivity contribution in [3.63, 3.8) is 0 Å². The molecule has 16 heteroatoms. The van der Waals surface area contributed by atoms with Crippen LogP contribution in [0.1, 0.15) is 279 Å². The van der Waals surface area contributed by atoms with E-state index in [0.717, 1.165) is 58.3 Å². The van der Waals surface area contributed by atoms with Crippen molar-refractivity contribution < 1.29 is 38.4 Å². The zero-order valence-electron chi connectivity index (χ0n) is 51.8. The molecule has 8 N–H and O–H groups in total. The van der Waals surface area contributed by atoms with Crippen molar-refractivity contribution in [2.24, 2.45) is 52.5 Å². The van der Waals surface area contributed by atoms with Gasteiger partial charge in [-0.3, -0.25) is 38.4 Å². The molecule has 5 atom stereocenters. The van der Waals surface area contributed by atoms with E-state index in [0.29, 0.717) is 57.8 Å². The number of hydrogen-bond acceptors (Lipinski definition) is 8. The molecular weight excluding hydrogens is 1010 g/mol. The standard InChI is InChI=1S/C23H44N2O2.C16H30N2O2.C13H24N2O2.C12H22N2O2/c1-2-3-4-5-6-7-8-9-10-11-12-13-14-15-16-17-18-25-20-21(23(24)27)19-22(25)26;1-2-3-4-5-6-7-8-9-10-11-18-13-14(16(17)20)12-15(18)19;1-3-5-6-10(4-2)8-15-9-11(13(14)17)7-12(15)16;1-2-3-4-5-6-7-14-9-10(12(13)16)8-11(14)15/h21H,2-20H2,1H3,(H2,24,27);14H,2-13H2,1H3,(H2,17,20);10-11H,3-9H2,1-2H3,(H2,14,17);10H,2-9H2,1H3,(H2,13,16). The van der Waals surface area contributed by atoms with E-state index in [9.17, 15) is 38.4 Å². The maximum Gasteiger partial charge on any atom is 0.223 e. The third kappa shape index (κ3) is 34.9. The highest BCUT2D eigenvalue weighted by molar-refractivity contribution is 5.90. The van der Waals surface area contributed by atoms with Crippen molar-refractivity contribution in [3.8, 4) is 0 Å². The number of carbonyl (C=O) groups is 8. The molecule has 16 nitrogen and oxygen atoms in total. The Morgan fingerprint density at radius 3 is 0.762 bits per heavy atom. The van der Waals surface area contributed by atoms with Gasteiger partial charge in [-0.1, -0.05) is 227 Å². The van der Waals surface area contributed by atoms with Crippen molar-refractivity contribution in [3.05, 3.63) is 0 Å². The summed E-state index contributed by atoms with van der Waals surface area (Å²) < 4.78 is 0. The van der Waals surface area contributed by atoms with Crippen LogP contribution in [0, 0.1) is 29.6 Å². The van der Waals surface area contributed by atoms with Gasteiger partial charge in [-0.25, -0.2) is 0 Å². The summed E-state index contributed by atoms with van der Waals surface area (Å²) in [5.41, 5.74) is 21.0. The lowest BCUT2D eigenvalue weighted by atomic mass is 9.99. The van der Waals surface area contributed by atoms with Crippen LogP contribution in [-0.4, -0.2) is 119 Å². The molecule has 4 aliphatic heterocycles. The molecule has 0 aromatic rings. The molecule has 8 amide bonds. The van der Waals surface area contributed by atoms with E-state index in [-0.39, 0.29) is 70.9 Å². The molecule has 4 aliphatic rings. The summed E-state index contributed by atoms with van der Waals surface area (Å²) in [5.74, 6) is -1.51. The van der Waals surface area contributed by atoms with Crippen molar-refractivity contribution in [1.29, 1.82) is 0 Å². The number of hydrogen-bond donors (Lipinski definition) is 4. The van der Waals surface area contributed by atoms with Gasteiger partial charge in [-0.2, -0.15) is 0 Å². The highest BCUT2D eigenvalue weighted by Gasteiger charge is 2.35. The van der Waals surface area contributed by atoms with E-state index in [1.54, 1.807) is 9.80 Å². The minimum Gasteiger partial charge on any atom is -0.369 e. The lowest BCUT2D eigenvalue weighted by Gasteiger charge is -2.23. The minimum atomic E-state index is -0.346. The van der Waals surface area contributed by atoms with E-state index in [2.05, 4.69) is 34.6 Å². The summed E-state index contributed by atoms with van der Waals surface area (Å²) >= 11 is 0. The van der Waals surface area contributed by atoms with Crippen LogP contribution < -0.4 is 22.9 Å². The molecule has 0 radical (unpaired) electrons. The summed E-state index contributed by atoms with van der Waals surface area (Å²) in [6.45, 7) is 16.3. The van der Waals surface area contributed by atoms with Gasteiger partial charge in [-0.05, 0) is 31.6 Å². The Labute approximate surface area is 486 Å². The second-order valence-electron chi connectivity index (χ2n) is 24.0. The Kier molecular flexibility index (Phi) is 43.6. The lowest BCUT2D eigenvalue weighted by molar-refractivity contribution is -0.129. The van der Waals surface area contributed by atoms with Crippen LogP contribution in [0.4, 0.5) is 0 Å². The molecular formula is C64H120N8O8. The second-order valence-corrected chi connectivity index (χ2v) is 24.0. The van der Waals surface area contributed by atoms with Crippen molar-refractivity contribution in [2.45, 2.75) is 279 Å². The van der Waals surface area contributed by atoms with Crippen molar-refractivity contribution in [2.75, 3.05) is 52.4 Å². The molecule has 80 heavy (non-hydrogen) atoms. The van der Waals surface area contributed by atoms with Crippen LogP contribution in [0.3, 0.4) is 0 Å². The number of carbonyl (C=O) groups excluding carboxylic acids is 8. The Hall–Kier alpha value is -4.24. The largest absolute Gasteiger partial charge is 0.369 e. The van der Waals surface area contributed by atoms with Gasteiger partial charge in [0.05, 0.1) is 23.7 Å². The summed E-state index contributed by atoms with van der Waals surface area (Å²) in [6, 6.07) is 0. The molecule has 0 saturated carbocycles. The quantitative estimate of drug-likeness (QED) is 0.0426. The predicted octanol–water partition coefficient (Wildman–Crippen LogP) is 11.3. The molecule has 4 rings (SSSR count). The van der Waals surface area contributed by atoms with E-state index < -0.39 is 0 Å². The number of unbranched alkanes of at least 4 members (excludes halogenated alkanes) is 28. The maximum absolute atomic E-state index is 11.8. The van der Waals surface area contributed by atoms with Crippen molar-refractivity contribution >= 4 is 47.3 Å². The molecule has 0 aromatic carbocycles. The number of rotatable bonds is 43. The average molecular weight is 1130 g/mol. The van der Waals surface area contributed by atoms with E-state index >= 15 is 0 Å². The maximum atomic E-state index is 11.8. The first kappa shape index (κ1) is 73.8. The van der Waals surface area contributed by atoms with Gasteiger partial charge in [0.15, 0.2) is 0 Å². The first-order valence-corrected chi connectivity index (χ1v) is 32.8. The Morgan fingerprint density at radius 2 is 0.550 bits per heavy atom. The first-order chi connectivity index (χ1) is 38.5. The number of primary amides is 4. The van der Waals surface area contributed by atoms with E-state index in [1.165, 1.54) is 186 Å². The summed E-state index contributed by atoms with van der Waals surface area (Å²) in [6.07, 6.45) is 45.0. The van der Waals surface area contributed by atoms with Crippen molar-refractivity contribution in [1.82, 2.24) is 19.6 Å². The van der Waals surface area contributed by atoms with Gasteiger partial charge in [0.2, 0.25) is 47.3 Å². The molecule has 0 aromatic heterocycles. The van der Waals surface area contributed by atoms with E-state index in [1.807, 2.05) is 9.80 Å². The topological polar surface area (TPSA) is 254 Å². The number of nitrogens with two attached hydrogens (primary N) is 4. The second kappa shape index (κ2) is 47.3. The van der Waals surface area contributed by atoms with E-state index in [4.69, 9.17) is 22.9 Å². The smallest absolute Gasteiger partial charge is 0.223 e. The zero-order valence-corrected chi connectivity index (χ0v) is 51.8. The number of likely N-dealkylation sites (tertiary alicyclic amines) is 4. The average Bonchev–Trinajstić information content (AvgIpc) is 4.22. The number of nitrogens with zero attached hydrogens (tertiary/aromatic N) is 4. The van der Waals surface area contributed by atoms with Gasteiger partial charge >= 0.3 is 0 Å². The normalized spacial score (nSPS) is 19.2. The summed E-state index contributed by atoms with van der Waals surface area (Å²) in [7, 11) is 0. The zero-order chi connectivity index (χ0) is 59.3. The molecule has 4 fully saturated rings. The fourth-order valence-corrected chi connectivity index (χ4v) is 11.3. The third-order valence-corrected chi connectivity index (χ3v) is 16.8. The Balaban J connectivity index is 0.000000545. The van der Waals surface area contributed by atoms with Gasteiger partial charge in [-0.15, -0.1) is 0 Å². The highest BCUT2D eigenvalue weighted by atomic mass is 16.2. The SMILES string of the molecule is CCCCC(CC)CN1CC(C(N)=O)CC1=O.CCCCCCCCCCCCCCCCCCN1CC(C(N)=O)CC1=O.CCCCCCCCCCCN1CC(C(N)=O)CC1=O.CCCCCCCN1CC(C(N)=O)CC1=O. The van der Waals surface area contributed by atoms with Crippen LogP contribution in [0.2, 0.25) is 0 Å². The van der Waals surface area contributed by atoms with Gasteiger partial charge in [0.25, 0.3) is 0 Å². The molecule has 4 saturated heterocycles. The number of amides is 8. The van der Waals surface area contributed by atoms with Gasteiger partial charge < -0.3 is 42.5 Å². The monoisotopic (exact) mass is 1130 g/mol. The fourth-order valence-electron chi connectivity index (χ4n) is 11.3. The molecule has 0 bridgehead atoms. The van der Waals surface area contributed by atoms with Crippen LogP contribution in [0.25, 0.3) is 0 Å². The Bertz CT molecular complexity index is 1720. The highest BCUT2D eigenvalue weighted by Crippen LogP contribution is 2.24. The third-order valence-electron chi connectivity index (χ3n) is 16.8. The lowest BCUT2D eigenvalue weighted by Crippen LogP contribution is -2.32. The first-order valence-electron chi connectivity index (χ1n) is 32.8. The molecule has 464 valence electrons. The molecule has 4 heterocycles. The minimum absolute atomic E-state index is 0.0827. The van der Waals surface area contributed by atoms with Crippen LogP contribution in [0.15, 0.2) is 0 Å². The van der Waals surface area contributed by atoms with Crippen LogP contribution in [-0.2, 0) is 38.4 Å². The molecule has 0 spiro atoms. The van der Waals surface area contributed by atoms with Gasteiger partial charge in [0, 0.05) is 78.0 Å². The molecule has 5 unspecified atom stereocenters. The molecule has 0 aliphatic carbocycles. The van der Waals surface area contributed by atoms with Gasteiger partial charge in [0.1, 0.15) is 0 Å². The van der Waals surface area contributed by atoms with Crippen LogP contribution >= 0.6 is 0 Å². The summed E-state index contributed by atoms with van der Waals surface area (Å²) in [4.78, 5) is 98.2. The summed E-state index contributed by atoms with van der Waals surface area (Å²) in [5, 5.41) is 0. The predicted molar refractivity (Wildman–Crippen MR) is 324 cm³/mol.